The van der Waals surface area contributed by atoms with E-state index in [1.54, 1.807) is 74.5 Å². The summed E-state index contributed by atoms with van der Waals surface area (Å²) in [5.74, 6) is -3.00. The van der Waals surface area contributed by atoms with Crippen molar-refractivity contribution in [3.63, 3.8) is 0 Å². The minimum atomic E-state index is -1.29. The molecule has 0 saturated heterocycles. The molecule has 10 nitrogen and oxygen atoms in total. The summed E-state index contributed by atoms with van der Waals surface area (Å²) in [6, 6.07) is 30.7. The summed E-state index contributed by atoms with van der Waals surface area (Å²) in [4.78, 5) is 54.2. The second-order valence-corrected chi connectivity index (χ2v) is 9.49. The number of carboxylic acids is 2. The molecular formula is C34H30CoN4O6. The van der Waals surface area contributed by atoms with Gasteiger partial charge in [-0.15, -0.1) is 0 Å². The quantitative estimate of drug-likeness (QED) is 0.243. The summed E-state index contributed by atoms with van der Waals surface area (Å²) in [5, 5.41) is 27.5. The number of carbonyl (C=O) groups excluding carboxylic acids is 4. The first-order valence-corrected chi connectivity index (χ1v) is 13.5. The van der Waals surface area contributed by atoms with Crippen LogP contribution in [0, 0.1) is 0 Å². The number of aromatic carboxylic acids is 2. The van der Waals surface area contributed by atoms with E-state index in [0.717, 1.165) is 0 Å². The van der Waals surface area contributed by atoms with E-state index >= 15 is 0 Å². The summed E-state index contributed by atoms with van der Waals surface area (Å²) >= 11 is 0. The Kier molecular flexibility index (Phi) is 14.6. The third-order valence-electron chi connectivity index (χ3n) is 5.82. The minimum Gasteiger partial charge on any atom is -0.545 e. The van der Waals surface area contributed by atoms with E-state index in [1.807, 2.05) is 36.4 Å². The van der Waals surface area contributed by atoms with Gasteiger partial charge in [0.05, 0.1) is 36.2 Å². The third kappa shape index (κ3) is 12.4. The van der Waals surface area contributed by atoms with Crippen LogP contribution in [0.1, 0.15) is 47.4 Å². The monoisotopic (exact) mass is 649 g/mol. The van der Waals surface area contributed by atoms with Crippen LogP contribution in [0.3, 0.4) is 0 Å². The van der Waals surface area contributed by atoms with Gasteiger partial charge in [-0.25, -0.2) is 0 Å². The van der Waals surface area contributed by atoms with Crippen LogP contribution >= 0.6 is 0 Å². The summed E-state index contributed by atoms with van der Waals surface area (Å²) in [5.41, 5.74) is 3.02. The van der Waals surface area contributed by atoms with Crippen LogP contribution in [0.15, 0.2) is 119 Å². The normalized spacial score (nSPS) is 10.8. The van der Waals surface area contributed by atoms with Crippen LogP contribution < -0.4 is 20.8 Å². The molecular weight excluding hydrogens is 619 g/mol. The maximum Gasteiger partial charge on any atom is 2.00 e. The van der Waals surface area contributed by atoms with Crippen molar-refractivity contribution in [1.82, 2.24) is 0 Å². The van der Waals surface area contributed by atoms with E-state index in [0.29, 0.717) is 22.8 Å². The molecule has 0 fully saturated rings. The van der Waals surface area contributed by atoms with Gasteiger partial charge in [0.2, 0.25) is 11.8 Å². The zero-order valence-corrected chi connectivity index (χ0v) is 25.5. The van der Waals surface area contributed by atoms with Gasteiger partial charge in [0, 0.05) is 33.9 Å². The molecule has 0 saturated carbocycles. The predicted molar refractivity (Wildman–Crippen MR) is 166 cm³/mol. The molecule has 4 aromatic rings. The second-order valence-electron chi connectivity index (χ2n) is 9.49. The number of amides is 2. The molecule has 0 bridgehead atoms. The van der Waals surface area contributed by atoms with Crippen molar-refractivity contribution >= 4 is 57.9 Å². The first kappa shape index (κ1) is 35.8. The first-order valence-electron chi connectivity index (χ1n) is 13.5. The zero-order valence-electron chi connectivity index (χ0n) is 24.5. The van der Waals surface area contributed by atoms with Crippen LogP contribution in [0.5, 0.6) is 0 Å². The number of nitrogens with zero attached hydrogens (tertiary/aromatic N) is 2. The Balaban J connectivity index is 0.000000307. The fourth-order valence-corrected chi connectivity index (χ4v) is 3.90. The molecule has 0 aliphatic carbocycles. The van der Waals surface area contributed by atoms with Crippen LogP contribution in [-0.4, -0.2) is 35.2 Å². The van der Waals surface area contributed by atoms with Gasteiger partial charge < -0.3 is 30.4 Å². The first-order chi connectivity index (χ1) is 21.1. The molecule has 231 valence electrons. The molecule has 0 heterocycles. The van der Waals surface area contributed by atoms with E-state index < -0.39 is 11.9 Å². The van der Waals surface area contributed by atoms with Gasteiger partial charge in [0.25, 0.3) is 0 Å². The van der Waals surface area contributed by atoms with Crippen molar-refractivity contribution in [2.75, 3.05) is 10.6 Å². The number of benzene rings is 4. The maximum absolute atomic E-state index is 11.9. The van der Waals surface area contributed by atoms with Gasteiger partial charge in [0.1, 0.15) is 0 Å². The van der Waals surface area contributed by atoms with E-state index in [9.17, 15) is 29.4 Å². The number of hydrogen-bond acceptors (Lipinski definition) is 8. The Labute approximate surface area is 271 Å². The second kappa shape index (κ2) is 18.3. The van der Waals surface area contributed by atoms with Gasteiger partial charge in [-0.1, -0.05) is 72.8 Å². The van der Waals surface area contributed by atoms with Gasteiger partial charge in [-0.3, -0.25) is 19.6 Å². The van der Waals surface area contributed by atoms with Crippen molar-refractivity contribution < 1.29 is 46.2 Å². The molecule has 4 aromatic carbocycles. The van der Waals surface area contributed by atoms with E-state index in [1.165, 1.54) is 12.1 Å². The molecule has 2 amide bonds. The molecule has 0 aliphatic rings. The Hall–Kier alpha value is -5.39. The average Bonchev–Trinajstić information content (AvgIpc) is 2.98. The number of para-hydroxylation sites is 4. The third-order valence-corrected chi connectivity index (χ3v) is 5.82. The fourth-order valence-electron chi connectivity index (χ4n) is 3.90. The molecule has 45 heavy (non-hydrogen) atoms. The summed E-state index contributed by atoms with van der Waals surface area (Å²) in [7, 11) is 0. The number of nitrogens with one attached hydrogen (secondary N) is 2. The largest absolute Gasteiger partial charge is 2.00 e. The maximum atomic E-state index is 11.9. The van der Waals surface area contributed by atoms with E-state index in [2.05, 4.69) is 20.6 Å². The van der Waals surface area contributed by atoms with E-state index in [-0.39, 0.29) is 63.9 Å². The van der Waals surface area contributed by atoms with Crippen LogP contribution in [0.25, 0.3) is 0 Å². The molecule has 11 heteroatoms. The fraction of sp³-hybridized carbons (Fsp3) is 0.118. The smallest absolute Gasteiger partial charge is 0.545 e. The molecule has 4 rings (SSSR count). The predicted octanol–water partition coefficient (Wildman–Crippen LogP) is 4.34. The van der Waals surface area contributed by atoms with Crippen LogP contribution in [0.4, 0.5) is 22.7 Å². The Morgan fingerprint density at radius 2 is 0.844 bits per heavy atom. The number of aliphatic imine (C=N–C) groups is 2. The SMILES string of the molecule is CC(CC(=O)Nc1ccccc1)=Nc1ccccc1C(=O)[O-].CC(CC(=O)Nc1ccccc1)=Nc1ccccc1C(=O)[O-].[Co+2]. The van der Waals surface area contributed by atoms with Crippen molar-refractivity contribution in [2.24, 2.45) is 9.98 Å². The topological polar surface area (TPSA) is 163 Å². The molecule has 0 spiro atoms. The number of anilines is 2. The van der Waals surface area contributed by atoms with E-state index in [4.69, 9.17) is 0 Å². The van der Waals surface area contributed by atoms with Gasteiger partial charge in [-0.05, 0) is 50.2 Å². The summed E-state index contributed by atoms with van der Waals surface area (Å²) < 4.78 is 0. The van der Waals surface area contributed by atoms with Crippen molar-refractivity contribution in [3.8, 4) is 0 Å². The summed E-state index contributed by atoms with van der Waals surface area (Å²) in [6.45, 7) is 3.35. The number of carbonyl (C=O) groups is 4. The van der Waals surface area contributed by atoms with Crippen molar-refractivity contribution in [1.29, 1.82) is 0 Å². The number of rotatable bonds is 10. The molecule has 0 unspecified atom stereocenters. The molecule has 0 aliphatic heterocycles. The average molecular weight is 650 g/mol. The molecule has 0 atom stereocenters. The summed E-state index contributed by atoms with van der Waals surface area (Å²) in [6.07, 6.45) is 0.159. The standard InChI is InChI=1S/2C17H16N2O3.Co/c2*1-12(11-16(20)19-13-7-3-2-4-8-13)18-15-10-6-5-9-14(15)17(21)22;/h2*2-10H,11H2,1H3,(H,19,20)(H,21,22);/q;;+2/p-2. The van der Waals surface area contributed by atoms with Crippen molar-refractivity contribution in [2.45, 2.75) is 26.7 Å². The van der Waals surface area contributed by atoms with Crippen LogP contribution in [0.2, 0.25) is 0 Å². The zero-order chi connectivity index (χ0) is 31.9. The number of hydrogen-bond donors (Lipinski definition) is 2. The Bertz CT molecular complexity index is 1550. The van der Waals surface area contributed by atoms with Gasteiger partial charge in [0.15, 0.2) is 0 Å². The van der Waals surface area contributed by atoms with Gasteiger partial charge >= 0.3 is 16.8 Å². The van der Waals surface area contributed by atoms with Crippen LogP contribution in [-0.2, 0) is 26.4 Å². The minimum absolute atomic E-state index is 0. The Morgan fingerprint density at radius 3 is 1.18 bits per heavy atom. The van der Waals surface area contributed by atoms with Gasteiger partial charge in [-0.2, -0.15) is 0 Å². The van der Waals surface area contributed by atoms with Crippen molar-refractivity contribution in [3.05, 3.63) is 120 Å². The number of carboxylic acid groups (broad SMARTS) is 2. The Morgan fingerprint density at radius 1 is 0.533 bits per heavy atom. The molecule has 0 aromatic heterocycles. The molecule has 2 N–H and O–H groups in total. The molecule has 1 radical (unpaired) electrons.